The van der Waals surface area contributed by atoms with Crippen LogP contribution in [0.25, 0.3) is 0 Å². The van der Waals surface area contributed by atoms with Crippen LogP contribution in [0.4, 0.5) is 0 Å². The Morgan fingerprint density at radius 3 is 0.722 bits per heavy atom. The van der Waals surface area contributed by atoms with E-state index in [1.807, 2.05) is 0 Å². The molecule has 2 atom stereocenters. The van der Waals surface area contributed by atoms with Crippen molar-refractivity contribution in [2.24, 2.45) is 17.8 Å². The minimum atomic E-state index is -0.765. The number of ether oxygens (including phenoxy) is 3. The summed E-state index contributed by atoms with van der Waals surface area (Å²) in [7, 11) is 0. The van der Waals surface area contributed by atoms with E-state index in [-0.39, 0.29) is 31.1 Å². The summed E-state index contributed by atoms with van der Waals surface area (Å²) in [5.74, 6) is 1.75. The number of hydrogen-bond donors (Lipinski definition) is 0. The van der Waals surface area contributed by atoms with Gasteiger partial charge in [-0.1, -0.05) is 330 Å². The number of carbonyl (C=O) groups excluding carboxylic acids is 3. The van der Waals surface area contributed by atoms with Crippen LogP contribution in [0.5, 0.6) is 0 Å². The molecule has 0 aromatic rings. The van der Waals surface area contributed by atoms with Crippen LogP contribution in [0.2, 0.25) is 0 Å². The zero-order valence-electron chi connectivity index (χ0n) is 49.7. The molecule has 0 aromatic carbocycles. The Bertz CT molecular complexity index is 1120. The van der Waals surface area contributed by atoms with E-state index in [4.69, 9.17) is 14.2 Å². The van der Waals surface area contributed by atoms with Crippen LogP contribution in [-0.2, 0) is 28.6 Å². The molecule has 0 amide bonds. The molecule has 0 saturated heterocycles. The Labute approximate surface area is 450 Å². The van der Waals surface area contributed by atoms with Gasteiger partial charge in [0.15, 0.2) is 6.10 Å². The van der Waals surface area contributed by atoms with Crippen molar-refractivity contribution in [1.82, 2.24) is 0 Å². The Balaban J connectivity index is 4.26. The standard InChI is InChI=1S/C66H128O6/c1-7-62(6)54-48-42-36-30-24-17-12-10-8-9-11-13-18-25-31-37-43-49-55-64(67)70-58-63(72-66(69)57-51-45-39-33-27-21-20-23-29-35-41-47-53-61(4)5)59-71-65(68)56-50-44-38-32-26-19-15-14-16-22-28-34-40-46-52-60(2)3/h60-63H,7-59H2,1-6H3/t62?,63-/m1/s1. The molecule has 0 fully saturated rings. The van der Waals surface area contributed by atoms with Crippen LogP contribution in [0, 0.1) is 17.8 Å². The SMILES string of the molecule is CCC(C)CCCCCCCCCCCCCCCCCCCCC(=O)OC[C@H](COC(=O)CCCCCCCCCCCCCCCCC(C)C)OC(=O)CCCCCCCCCCCCCCC(C)C. The van der Waals surface area contributed by atoms with Crippen molar-refractivity contribution >= 4 is 17.9 Å². The minimum absolute atomic E-state index is 0.0625. The third-order valence-corrected chi connectivity index (χ3v) is 15.5. The molecule has 0 bridgehead atoms. The van der Waals surface area contributed by atoms with Crippen LogP contribution in [0.15, 0.2) is 0 Å². The van der Waals surface area contributed by atoms with Gasteiger partial charge < -0.3 is 14.2 Å². The first-order valence-corrected chi connectivity index (χ1v) is 32.6. The Hall–Kier alpha value is -1.59. The molecule has 0 aliphatic heterocycles. The van der Waals surface area contributed by atoms with E-state index < -0.39 is 6.10 Å². The normalized spacial score (nSPS) is 12.5. The molecule has 6 heteroatoms. The minimum Gasteiger partial charge on any atom is -0.462 e. The van der Waals surface area contributed by atoms with Gasteiger partial charge in [0.1, 0.15) is 13.2 Å². The topological polar surface area (TPSA) is 78.9 Å². The van der Waals surface area contributed by atoms with Crippen molar-refractivity contribution in [3.8, 4) is 0 Å². The number of rotatable bonds is 59. The van der Waals surface area contributed by atoms with Crippen molar-refractivity contribution in [2.75, 3.05) is 13.2 Å². The number of unbranched alkanes of at least 4 members (excludes halogenated alkanes) is 41. The monoisotopic (exact) mass is 1020 g/mol. The molecule has 0 radical (unpaired) electrons. The summed E-state index contributed by atoms with van der Waals surface area (Å²) in [6, 6.07) is 0. The molecular formula is C66H128O6. The van der Waals surface area contributed by atoms with Gasteiger partial charge in [0.2, 0.25) is 0 Å². The first-order chi connectivity index (χ1) is 35.1. The highest BCUT2D eigenvalue weighted by molar-refractivity contribution is 5.71. The second kappa shape index (κ2) is 57.1. The molecule has 0 N–H and O–H groups in total. The first kappa shape index (κ1) is 70.4. The smallest absolute Gasteiger partial charge is 0.306 e. The summed E-state index contributed by atoms with van der Waals surface area (Å²) in [6.45, 7) is 13.8. The van der Waals surface area contributed by atoms with Crippen LogP contribution in [0.1, 0.15) is 369 Å². The summed E-state index contributed by atoms with van der Waals surface area (Å²) < 4.78 is 17.0. The van der Waals surface area contributed by atoms with Gasteiger partial charge in [-0.2, -0.15) is 0 Å². The fourth-order valence-corrected chi connectivity index (χ4v) is 10.2. The predicted octanol–water partition coefficient (Wildman–Crippen LogP) is 21.8. The van der Waals surface area contributed by atoms with Gasteiger partial charge in [0, 0.05) is 19.3 Å². The molecule has 72 heavy (non-hydrogen) atoms. The summed E-state index contributed by atoms with van der Waals surface area (Å²) >= 11 is 0. The molecule has 0 aliphatic carbocycles. The summed E-state index contributed by atoms with van der Waals surface area (Å²) in [5, 5.41) is 0. The lowest BCUT2D eigenvalue weighted by Crippen LogP contribution is -2.30. The fraction of sp³-hybridized carbons (Fsp3) is 0.955. The molecule has 1 unspecified atom stereocenters. The average molecular weight is 1020 g/mol. The third kappa shape index (κ3) is 57.7. The molecule has 6 nitrogen and oxygen atoms in total. The van der Waals surface area contributed by atoms with E-state index in [1.54, 1.807) is 0 Å². The molecule has 0 rings (SSSR count). The lowest BCUT2D eigenvalue weighted by Gasteiger charge is -2.18. The highest BCUT2D eigenvalue weighted by Crippen LogP contribution is 2.20. The van der Waals surface area contributed by atoms with Crippen molar-refractivity contribution in [1.29, 1.82) is 0 Å². The van der Waals surface area contributed by atoms with Gasteiger partial charge in [-0.15, -0.1) is 0 Å². The molecule has 0 heterocycles. The van der Waals surface area contributed by atoms with Gasteiger partial charge in [-0.25, -0.2) is 0 Å². The second-order valence-corrected chi connectivity index (χ2v) is 24.0. The number of esters is 3. The van der Waals surface area contributed by atoms with Gasteiger partial charge in [-0.05, 0) is 37.0 Å². The lowest BCUT2D eigenvalue weighted by molar-refractivity contribution is -0.167. The van der Waals surface area contributed by atoms with Gasteiger partial charge >= 0.3 is 17.9 Å². The molecule has 0 aliphatic rings. The van der Waals surface area contributed by atoms with E-state index >= 15 is 0 Å². The van der Waals surface area contributed by atoms with Crippen molar-refractivity contribution in [3.63, 3.8) is 0 Å². The average Bonchev–Trinajstić information content (AvgIpc) is 3.36. The molecular weight excluding hydrogens is 889 g/mol. The maximum absolute atomic E-state index is 12.9. The zero-order chi connectivity index (χ0) is 52.6. The van der Waals surface area contributed by atoms with Crippen molar-refractivity contribution in [3.05, 3.63) is 0 Å². The van der Waals surface area contributed by atoms with Crippen LogP contribution < -0.4 is 0 Å². The third-order valence-electron chi connectivity index (χ3n) is 15.5. The molecule has 428 valence electrons. The lowest BCUT2D eigenvalue weighted by atomic mass is 9.99. The predicted molar refractivity (Wildman–Crippen MR) is 312 cm³/mol. The van der Waals surface area contributed by atoms with Crippen molar-refractivity contribution in [2.45, 2.75) is 375 Å². The number of carbonyl (C=O) groups is 3. The van der Waals surface area contributed by atoms with Crippen LogP contribution in [0.3, 0.4) is 0 Å². The molecule has 0 saturated carbocycles. The highest BCUT2D eigenvalue weighted by atomic mass is 16.6. The molecule has 0 aromatic heterocycles. The van der Waals surface area contributed by atoms with Gasteiger partial charge in [0.25, 0.3) is 0 Å². The van der Waals surface area contributed by atoms with E-state index in [0.29, 0.717) is 19.3 Å². The Kier molecular flexibility index (Phi) is 55.9. The number of hydrogen-bond acceptors (Lipinski definition) is 6. The quantitative estimate of drug-likeness (QED) is 0.0343. The van der Waals surface area contributed by atoms with E-state index in [9.17, 15) is 14.4 Å². The zero-order valence-corrected chi connectivity index (χ0v) is 49.7. The van der Waals surface area contributed by atoms with Crippen LogP contribution >= 0.6 is 0 Å². The summed E-state index contributed by atoms with van der Waals surface area (Å²) in [4.78, 5) is 38.3. The largest absolute Gasteiger partial charge is 0.462 e. The van der Waals surface area contributed by atoms with E-state index in [1.165, 1.54) is 250 Å². The Morgan fingerprint density at radius 1 is 0.278 bits per heavy atom. The van der Waals surface area contributed by atoms with Gasteiger partial charge in [0.05, 0.1) is 0 Å². The van der Waals surface area contributed by atoms with Crippen LogP contribution in [-0.4, -0.2) is 37.2 Å². The maximum atomic E-state index is 12.9. The first-order valence-electron chi connectivity index (χ1n) is 32.6. The molecule has 0 spiro atoms. The Morgan fingerprint density at radius 2 is 0.486 bits per heavy atom. The summed E-state index contributed by atoms with van der Waals surface area (Å²) in [6.07, 6.45) is 62.4. The summed E-state index contributed by atoms with van der Waals surface area (Å²) in [5.41, 5.74) is 0. The van der Waals surface area contributed by atoms with Crippen molar-refractivity contribution < 1.29 is 28.6 Å². The maximum Gasteiger partial charge on any atom is 0.306 e. The second-order valence-electron chi connectivity index (χ2n) is 24.0. The van der Waals surface area contributed by atoms with Gasteiger partial charge in [-0.3, -0.25) is 14.4 Å². The van der Waals surface area contributed by atoms with E-state index in [2.05, 4.69) is 41.5 Å². The highest BCUT2D eigenvalue weighted by Gasteiger charge is 2.19. The van der Waals surface area contributed by atoms with E-state index in [0.717, 1.165) is 75.5 Å². The fourth-order valence-electron chi connectivity index (χ4n) is 10.2.